The summed E-state index contributed by atoms with van der Waals surface area (Å²) in [6.07, 6.45) is 2.17. The van der Waals surface area contributed by atoms with Gasteiger partial charge in [-0.25, -0.2) is 4.79 Å². The zero-order valence-corrected chi connectivity index (χ0v) is 15.1. The van der Waals surface area contributed by atoms with Gasteiger partial charge in [0.25, 0.3) is 5.91 Å². The van der Waals surface area contributed by atoms with E-state index in [0.29, 0.717) is 23.4 Å². The lowest BCUT2D eigenvalue weighted by Crippen LogP contribution is -2.22. The standard InChI is InChI=1S/C19H24N2O4/c1-5-13-9-8-10-14(6-2)18(13)20-16(22)11-24-19(23)17-12(4)25-21-15(17)7-3/h8-10H,5-7,11H2,1-4H3,(H,20,22). The lowest BCUT2D eigenvalue weighted by atomic mass is 10.0. The fourth-order valence-electron chi connectivity index (χ4n) is 2.70. The van der Waals surface area contributed by atoms with Crippen LogP contribution in [-0.2, 0) is 28.8 Å². The number of aromatic nitrogens is 1. The number of aryl methyl sites for hydroxylation is 4. The molecule has 1 heterocycles. The minimum atomic E-state index is -0.592. The molecule has 0 unspecified atom stereocenters. The highest BCUT2D eigenvalue weighted by molar-refractivity contribution is 5.97. The van der Waals surface area contributed by atoms with Crippen molar-refractivity contribution < 1.29 is 18.8 Å². The highest BCUT2D eigenvalue weighted by Crippen LogP contribution is 2.22. The van der Waals surface area contributed by atoms with Crippen LogP contribution < -0.4 is 5.32 Å². The Kier molecular flexibility index (Phi) is 6.33. The lowest BCUT2D eigenvalue weighted by Gasteiger charge is -2.14. The number of nitrogens with one attached hydrogen (secondary N) is 1. The van der Waals surface area contributed by atoms with Crippen LogP contribution in [0.2, 0.25) is 0 Å². The van der Waals surface area contributed by atoms with E-state index in [0.717, 1.165) is 29.7 Å². The van der Waals surface area contributed by atoms with E-state index in [1.807, 2.05) is 39.0 Å². The van der Waals surface area contributed by atoms with E-state index in [-0.39, 0.29) is 12.5 Å². The quantitative estimate of drug-likeness (QED) is 0.778. The number of amides is 1. The molecule has 1 aromatic heterocycles. The maximum absolute atomic E-state index is 12.2. The third-order valence-electron chi connectivity index (χ3n) is 4.07. The van der Waals surface area contributed by atoms with Crippen molar-refractivity contribution in [3.63, 3.8) is 0 Å². The van der Waals surface area contributed by atoms with Crippen LogP contribution in [-0.4, -0.2) is 23.6 Å². The summed E-state index contributed by atoms with van der Waals surface area (Å²) in [5.74, 6) is -0.562. The first-order chi connectivity index (χ1) is 12.0. The molecule has 6 nitrogen and oxygen atoms in total. The number of carbonyl (C=O) groups is 2. The van der Waals surface area contributed by atoms with E-state index in [9.17, 15) is 9.59 Å². The molecular weight excluding hydrogens is 320 g/mol. The minimum absolute atomic E-state index is 0.304. The molecule has 6 heteroatoms. The van der Waals surface area contributed by atoms with Crippen LogP contribution in [0, 0.1) is 6.92 Å². The van der Waals surface area contributed by atoms with Gasteiger partial charge in [0.05, 0.1) is 5.69 Å². The van der Waals surface area contributed by atoms with Gasteiger partial charge in [-0.15, -0.1) is 0 Å². The van der Waals surface area contributed by atoms with Crippen molar-refractivity contribution in [3.8, 4) is 0 Å². The summed E-state index contributed by atoms with van der Waals surface area (Å²) >= 11 is 0. The molecule has 25 heavy (non-hydrogen) atoms. The highest BCUT2D eigenvalue weighted by atomic mass is 16.5. The second kappa shape index (κ2) is 8.46. The second-order valence-corrected chi connectivity index (χ2v) is 5.70. The first-order valence-corrected chi connectivity index (χ1v) is 8.54. The zero-order chi connectivity index (χ0) is 18.4. The molecule has 2 aromatic rings. The number of hydrogen-bond donors (Lipinski definition) is 1. The first kappa shape index (κ1) is 18.7. The van der Waals surface area contributed by atoms with Crippen LogP contribution in [0.15, 0.2) is 22.7 Å². The normalized spacial score (nSPS) is 10.6. The van der Waals surface area contributed by atoms with Crippen molar-refractivity contribution >= 4 is 17.6 Å². The number of hydrogen-bond acceptors (Lipinski definition) is 5. The Hall–Kier alpha value is -2.63. The lowest BCUT2D eigenvalue weighted by molar-refractivity contribution is -0.119. The minimum Gasteiger partial charge on any atom is -0.452 e. The van der Waals surface area contributed by atoms with Crippen molar-refractivity contribution in [2.45, 2.75) is 47.0 Å². The number of rotatable bonds is 7. The molecule has 0 saturated heterocycles. The molecule has 2 rings (SSSR count). The third-order valence-corrected chi connectivity index (χ3v) is 4.07. The zero-order valence-electron chi connectivity index (χ0n) is 15.1. The number of ether oxygens (including phenoxy) is 1. The maximum Gasteiger partial charge on any atom is 0.344 e. The summed E-state index contributed by atoms with van der Waals surface area (Å²) in [7, 11) is 0. The summed E-state index contributed by atoms with van der Waals surface area (Å²) in [5, 5.41) is 6.69. The van der Waals surface area contributed by atoms with Crippen molar-refractivity contribution in [3.05, 3.63) is 46.3 Å². The van der Waals surface area contributed by atoms with Gasteiger partial charge in [-0.05, 0) is 37.3 Å². The van der Waals surface area contributed by atoms with Crippen LogP contribution in [0.25, 0.3) is 0 Å². The molecule has 0 aliphatic carbocycles. The van der Waals surface area contributed by atoms with Crippen LogP contribution in [0.4, 0.5) is 5.69 Å². The topological polar surface area (TPSA) is 81.4 Å². The second-order valence-electron chi connectivity index (χ2n) is 5.70. The molecule has 1 aromatic carbocycles. The largest absolute Gasteiger partial charge is 0.452 e. The summed E-state index contributed by atoms with van der Waals surface area (Å²) in [6.45, 7) is 7.23. The van der Waals surface area contributed by atoms with Crippen LogP contribution >= 0.6 is 0 Å². The van der Waals surface area contributed by atoms with Crippen LogP contribution in [0.5, 0.6) is 0 Å². The molecule has 1 amide bonds. The number of nitrogens with zero attached hydrogens (tertiary/aromatic N) is 1. The molecule has 0 fully saturated rings. The van der Waals surface area contributed by atoms with Gasteiger partial charge in [-0.3, -0.25) is 4.79 Å². The van der Waals surface area contributed by atoms with E-state index >= 15 is 0 Å². The van der Waals surface area contributed by atoms with Crippen molar-refractivity contribution in [2.75, 3.05) is 11.9 Å². The fraction of sp³-hybridized carbons (Fsp3) is 0.421. The molecule has 1 N–H and O–H groups in total. The Morgan fingerprint density at radius 2 is 1.76 bits per heavy atom. The predicted molar refractivity (Wildman–Crippen MR) is 94.7 cm³/mol. The molecule has 0 aliphatic heterocycles. The third kappa shape index (κ3) is 4.26. The van der Waals surface area contributed by atoms with Gasteiger partial charge in [0.2, 0.25) is 0 Å². The van der Waals surface area contributed by atoms with E-state index < -0.39 is 5.97 Å². The van der Waals surface area contributed by atoms with Crippen molar-refractivity contribution in [2.24, 2.45) is 0 Å². The van der Waals surface area contributed by atoms with Gasteiger partial charge >= 0.3 is 5.97 Å². The van der Waals surface area contributed by atoms with Gasteiger partial charge in [0.1, 0.15) is 11.3 Å². The Balaban J connectivity index is 2.04. The number of para-hydroxylation sites is 1. The molecule has 0 atom stereocenters. The number of carbonyl (C=O) groups excluding carboxylic acids is 2. The smallest absolute Gasteiger partial charge is 0.344 e. The fourth-order valence-corrected chi connectivity index (χ4v) is 2.70. The summed E-state index contributed by atoms with van der Waals surface area (Å²) in [5.41, 5.74) is 3.76. The summed E-state index contributed by atoms with van der Waals surface area (Å²) in [6, 6.07) is 5.94. The number of benzene rings is 1. The molecule has 0 aliphatic rings. The van der Waals surface area contributed by atoms with E-state index in [4.69, 9.17) is 9.26 Å². The number of esters is 1. The molecule has 134 valence electrons. The summed E-state index contributed by atoms with van der Waals surface area (Å²) in [4.78, 5) is 24.4. The van der Waals surface area contributed by atoms with Gasteiger partial charge in [-0.1, -0.05) is 44.1 Å². The van der Waals surface area contributed by atoms with E-state index in [2.05, 4.69) is 10.5 Å². The average Bonchev–Trinajstić information content (AvgIpc) is 3.00. The molecular formula is C19H24N2O4. The van der Waals surface area contributed by atoms with Crippen LogP contribution in [0.3, 0.4) is 0 Å². The monoisotopic (exact) mass is 344 g/mol. The Labute approximate surface area is 147 Å². The van der Waals surface area contributed by atoms with Crippen molar-refractivity contribution in [1.82, 2.24) is 5.16 Å². The van der Waals surface area contributed by atoms with E-state index in [1.54, 1.807) is 6.92 Å². The Morgan fingerprint density at radius 3 is 2.32 bits per heavy atom. The molecule has 0 spiro atoms. The Morgan fingerprint density at radius 1 is 1.12 bits per heavy atom. The van der Waals surface area contributed by atoms with Gasteiger partial charge in [0, 0.05) is 5.69 Å². The van der Waals surface area contributed by atoms with Gasteiger partial charge < -0.3 is 14.6 Å². The van der Waals surface area contributed by atoms with Gasteiger partial charge in [-0.2, -0.15) is 0 Å². The van der Waals surface area contributed by atoms with Crippen molar-refractivity contribution in [1.29, 1.82) is 0 Å². The molecule has 0 saturated carbocycles. The predicted octanol–water partition coefficient (Wildman–Crippen LogP) is 3.47. The summed E-state index contributed by atoms with van der Waals surface area (Å²) < 4.78 is 10.2. The average molecular weight is 344 g/mol. The first-order valence-electron chi connectivity index (χ1n) is 8.54. The molecule has 0 bridgehead atoms. The van der Waals surface area contributed by atoms with Crippen LogP contribution in [0.1, 0.15) is 53.7 Å². The number of anilines is 1. The van der Waals surface area contributed by atoms with Gasteiger partial charge in [0.15, 0.2) is 6.61 Å². The maximum atomic E-state index is 12.2. The SMILES string of the molecule is CCc1cccc(CC)c1NC(=O)COC(=O)c1c(CC)noc1C. The highest BCUT2D eigenvalue weighted by Gasteiger charge is 2.21. The molecule has 0 radical (unpaired) electrons. The Bertz CT molecular complexity index is 743. The van der Waals surface area contributed by atoms with E-state index in [1.165, 1.54) is 0 Å².